The third kappa shape index (κ3) is 1.38. The predicted molar refractivity (Wildman–Crippen MR) is 44.0 cm³/mol. The molecule has 0 aromatic rings. The fourth-order valence-electron chi connectivity index (χ4n) is 1.49. The standard InChI is InChI=1S/C8H15NO4/c1-4(10)8(13)6(11)3-5(9-2)7(8)12/h3-4,6-7,10-13H,2,9H2,1H3. The number of quaternary nitrogens is 1. The highest BCUT2D eigenvalue weighted by Gasteiger charge is 2.53. The molecule has 0 bridgehead atoms. The highest BCUT2D eigenvalue weighted by atomic mass is 16.4. The molecule has 5 heteroatoms. The number of nitrogens with two attached hydrogens (primary N) is 1. The van der Waals surface area contributed by atoms with Gasteiger partial charge in [0.05, 0.1) is 6.10 Å². The molecule has 1 rings (SSSR count). The molecule has 0 saturated carbocycles. The lowest BCUT2D eigenvalue weighted by molar-refractivity contribution is -0.552. The normalized spacial score (nSPS) is 41.8. The van der Waals surface area contributed by atoms with Crippen molar-refractivity contribution in [2.24, 2.45) is 0 Å². The van der Waals surface area contributed by atoms with Gasteiger partial charge in [-0.1, -0.05) is 0 Å². The molecule has 1 aliphatic rings. The largest absolute Gasteiger partial charge is 0.447 e. The van der Waals surface area contributed by atoms with Gasteiger partial charge in [-0.05, 0) is 6.92 Å². The number of rotatable bonds is 2. The van der Waals surface area contributed by atoms with Crippen molar-refractivity contribution in [3.63, 3.8) is 0 Å². The summed E-state index contributed by atoms with van der Waals surface area (Å²) < 4.78 is 0. The van der Waals surface area contributed by atoms with Crippen molar-refractivity contribution in [3.05, 3.63) is 18.8 Å². The summed E-state index contributed by atoms with van der Waals surface area (Å²) in [5.41, 5.74) is -1.58. The Hall–Kier alpha value is -0.460. The van der Waals surface area contributed by atoms with Crippen LogP contribution in [0.5, 0.6) is 0 Å². The predicted octanol–water partition coefficient (Wildman–Crippen LogP) is -2.93. The maximum Gasteiger partial charge on any atom is 0.159 e. The number of aliphatic hydroxyl groups is 4. The van der Waals surface area contributed by atoms with Crippen LogP contribution >= 0.6 is 0 Å². The monoisotopic (exact) mass is 189 g/mol. The van der Waals surface area contributed by atoms with Crippen molar-refractivity contribution in [3.8, 4) is 0 Å². The Kier molecular flexibility index (Phi) is 2.74. The zero-order valence-electron chi connectivity index (χ0n) is 7.38. The van der Waals surface area contributed by atoms with E-state index in [-0.39, 0.29) is 0 Å². The van der Waals surface area contributed by atoms with E-state index in [1.807, 2.05) is 0 Å². The van der Waals surface area contributed by atoms with Crippen LogP contribution in [-0.4, -0.2) is 44.3 Å². The summed E-state index contributed by atoms with van der Waals surface area (Å²) in [6.45, 7) is 1.31. The van der Waals surface area contributed by atoms with Crippen LogP contribution in [0, 0.1) is 7.05 Å². The van der Waals surface area contributed by atoms with Crippen LogP contribution in [0.2, 0.25) is 0 Å². The lowest BCUT2D eigenvalue weighted by Crippen LogP contribution is -2.78. The smallest absolute Gasteiger partial charge is 0.159 e. The Morgan fingerprint density at radius 2 is 2.15 bits per heavy atom. The van der Waals surface area contributed by atoms with Gasteiger partial charge in [0, 0.05) is 6.08 Å². The lowest BCUT2D eigenvalue weighted by atomic mass is 9.90. The summed E-state index contributed by atoms with van der Waals surface area (Å²) in [5.74, 6) is 0. The quantitative estimate of drug-likeness (QED) is 0.300. The molecule has 0 heterocycles. The van der Waals surface area contributed by atoms with Crippen LogP contribution in [-0.2, 0) is 0 Å². The van der Waals surface area contributed by atoms with Crippen LogP contribution in [0.15, 0.2) is 11.8 Å². The van der Waals surface area contributed by atoms with Gasteiger partial charge < -0.3 is 25.7 Å². The molecule has 0 radical (unpaired) electrons. The summed E-state index contributed by atoms with van der Waals surface area (Å²) >= 11 is 0. The topological polar surface area (TPSA) is 97.5 Å². The highest BCUT2D eigenvalue weighted by Crippen LogP contribution is 2.30. The summed E-state index contributed by atoms with van der Waals surface area (Å²) in [4.78, 5) is 0. The highest BCUT2D eigenvalue weighted by molar-refractivity contribution is 5.23. The molecular formula is C8H15NO4. The molecular weight excluding hydrogens is 174 g/mol. The summed E-state index contributed by atoms with van der Waals surface area (Å²) in [5, 5.41) is 39.3. The Balaban J connectivity index is 2.94. The molecule has 1 aliphatic carbocycles. The van der Waals surface area contributed by atoms with Gasteiger partial charge in [0.25, 0.3) is 0 Å². The van der Waals surface area contributed by atoms with E-state index in [4.69, 9.17) is 0 Å². The van der Waals surface area contributed by atoms with Gasteiger partial charge in [-0.15, -0.1) is 7.05 Å². The summed E-state index contributed by atoms with van der Waals surface area (Å²) in [6, 6.07) is 0. The van der Waals surface area contributed by atoms with E-state index in [9.17, 15) is 20.4 Å². The van der Waals surface area contributed by atoms with Gasteiger partial charge in [-0.25, -0.2) is 0 Å². The minimum atomic E-state index is -1.91. The van der Waals surface area contributed by atoms with E-state index < -0.39 is 23.9 Å². The fraction of sp³-hybridized carbons (Fsp3) is 0.625. The first kappa shape index (κ1) is 10.6. The fourth-order valence-corrected chi connectivity index (χ4v) is 1.49. The first-order valence-electron chi connectivity index (χ1n) is 4.05. The SMILES string of the molecule is [CH2-][NH2+]C1=CC(O)C(O)(C(C)O)C1O. The van der Waals surface area contributed by atoms with Gasteiger partial charge >= 0.3 is 0 Å². The summed E-state index contributed by atoms with van der Waals surface area (Å²) in [7, 11) is 3.42. The Bertz CT molecular complexity index is 228. The molecule has 6 N–H and O–H groups in total. The maximum atomic E-state index is 9.76. The second-order valence-corrected chi connectivity index (χ2v) is 3.28. The van der Waals surface area contributed by atoms with Crippen molar-refractivity contribution in [2.75, 3.05) is 0 Å². The Morgan fingerprint density at radius 1 is 1.62 bits per heavy atom. The molecule has 5 nitrogen and oxygen atoms in total. The molecule has 0 spiro atoms. The Labute approximate surface area is 76.3 Å². The number of hydrogen-bond donors (Lipinski definition) is 5. The van der Waals surface area contributed by atoms with Crippen molar-refractivity contribution in [1.29, 1.82) is 0 Å². The second-order valence-electron chi connectivity index (χ2n) is 3.28. The zero-order chi connectivity index (χ0) is 10.2. The van der Waals surface area contributed by atoms with E-state index in [2.05, 4.69) is 7.05 Å². The average Bonchev–Trinajstić information content (AvgIpc) is 2.30. The van der Waals surface area contributed by atoms with E-state index in [0.717, 1.165) is 0 Å². The van der Waals surface area contributed by atoms with E-state index in [1.54, 1.807) is 0 Å². The molecule has 0 aromatic carbocycles. The molecule has 0 saturated heterocycles. The van der Waals surface area contributed by atoms with E-state index >= 15 is 0 Å². The zero-order valence-corrected chi connectivity index (χ0v) is 7.38. The molecule has 0 fully saturated rings. The first-order valence-corrected chi connectivity index (χ1v) is 4.05. The molecule has 0 amide bonds. The van der Waals surface area contributed by atoms with Crippen LogP contribution in [0.3, 0.4) is 0 Å². The van der Waals surface area contributed by atoms with Gasteiger partial charge in [0.1, 0.15) is 11.8 Å². The van der Waals surface area contributed by atoms with Crippen molar-refractivity contribution in [1.82, 2.24) is 0 Å². The molecule has 0 aromatic heterocycles. The average molecular weight is 189 g/mol. The maximum absolute atomic E-state index is 9.76. The molecule has 0 aliphatic heterocycles. The first-order chi connectivity index (χ1) is 5.94. The van der Waals surface area contributed by atoms with E-state index in [1.165, 1.54) is 18.3 Å². The number of hydrogen-bond acceptors (Lipinski definition) is 4. The second kappa shape index (κ2) is 3.36. The van der Waals surface area contributed by atoms with Gasteiger partial charge in [-0.2, -0.15) is 0 Å². The lowest BCUT2D eigenvalue weighted by Gasteiger charge is -2.32. The van der Waals surface area contributed by atoms with Crippen LogP contribution in [0.4, 0.5) is 0 Å². The van der Waals surface area contributed by atoms with E-state index in [0.29, 0.717) is 5.70 Å². The van der Waals surface area contributed by atoms with Crippen molar-refractivity contribution >= 4 is 0 Å². The van der Waals surface area contributed by atoms with Gasteiger partial charge in [0.15, 0.2) is 11.7 Å². The van der Waals surface area contributed by atoms with Crippen LogP contribution < -0.4 is 5.32 Å². The number of aliphatic hydroxyl groups excluding tert-OH is 3. The van der Waals surface area contributed by atoms with Gasteiger partial charge in [-0.3, -0.25) is 0 Å². The molecule has 4 atom stereocenters. The van der Waals surface area contributed by atoms with Crippen molar-refractivity contribution < 1.29 is 25.7 Å². The molecule has 13 heavy (non-hydrogen) atoms. The molecule has 4 unspecified atom stereocenters. The van der Waals surface area contributed by atoms with Crippen LogP contribution in [0.25, 0.3) is 0 Å². The summed E-state index contributed by atoms with van der Waals surface area (Å²) in [6.07, 6.45) is -2.49. The third-order valence-electron chi connectivity index (χ3n) is 2.48. The minimum Gasteiger partial charge on any atom is -0.447 e. The Morgan fingerprint density at radius 3 is 2.38 bits per heavy atom. The minimum absolute atomic E-state index is 0.330. The van der Waals surface area contributed by atoms with Crippen LogP contribution in [0.1, 0.15) is 6.92 Å². The third-order valence-corrected chi connectivity index (χ3v) is 2.48. The van der Waals surface area contributed by atoms with Gasteiger partial charge in [0.2, 0.25) is 0 Å². The molecule has 76 valence electrons. The van der Waals surface area contributed by atoms with Crippen molar-refractivity contribution in [2.45, 2.75) is 30.8 Å².